The molecular formula is C30H38N2O6. The van der Waals surface area contributed by atoms with Gasteiger partial charge < -0.3 is 19.1 Å². The normalized spacial score (nSPS) is 16.4. The molecule has 0 saturated carbocycles. The van der Waals surface area contributed by atoms with E-state index in [-0.39, 0.29) is 29.8 Å². The molecule has 1 atom stereocenters. The van der Waals surface area contributed by atoms with Crippen molar-refractivity contribution in [3.63, 3.8) is 0 Å². The Labute approximate surface area is 224 Å². The van der Waals surface area contributed by atoms with Gasteiger partial charge in [0.15, 0.2) is 5.78 Å². The van der Waals surface area contributed by atoms with Crippen LogP contribution in [0.3, 0.4) is 0 Å². The van der Waals surface area contributed by atoms with E-state index >= 15 is 0 Å². The van der Waals surface area contributed by atoms with Gasteiger partial charge in [0.25, 0.3) is 5.91 Å². The van der Waals surface area contributed by atoms with Crippen molar-refractivity contribution in [1.82, 2.24) is 9.80 Å². The number of ether oxygens (including phenoxy) is 3. The molecule has 2 aliphatic heterocycles. The van der Waals surface area contributed by atoms with Gasteiger partial charge in [-0.25, -0.2) is 0 Å². The van der Waals surface area contributed by atoms with Gasteiger partial charge in [-0.3, -0.25) is 19.3 Å². The van der Waals surface area contributed by atoms with Gasteiger partial charge in [-0.1, -0.05) is 32.0 Å². The molecule has 0 aliphatic carbocycles. The van der Waals surface area contributed by atoms with Gasteiger partial charge in [-0.2, -0.15) is 0 Å². The van der Waals surface area contributed by atoms with E-state index in [1.54, 1.807) is 17.0 Å². The molecule has 1 fully saturated rings. The number of fused-ring (bicyclic) bond motifs is 1. The average Bonchev–Trinajstić information content (AvgIpc) is 3.25. The number of amides is 1. The largest absolute Gasteiger partial charge is 0.492 e. The van der Waals surface area contributed by atoms with E-state index < -0.39 is 6.04 Å². The van der Waals surface area contributed by atoms with Gasteiger partial charge in [-0.15, -0.1) is 0 Å². The SMILES string of the molecule is CC(=O)C(CCC(=O)C(C)C)N1Cc2c(OCc3ccc(OCCN4CCOCC4)cc3)cccc2C1=O. The molecule has 1 amide bonds. The minimum absolute atomic E-state index is 0.0928. The van der Waals surface area contributed by atoms with E-state index in [4.69, 9.17) is 14.2 Å². The molecule has 2 aromatic carbocycles. The Morgan fingerprint density at radius 1 is 1.03 bits per heavy atom. The fourth-order valence-electron chi connectivity index (χ4n) is 4.82. The lowest BCUT2D eigenvalue weighted by atomic mass is 9.99. The Balaban J connectivity index is 1.33. The van der Waals surface area contributed by atoms with Gasteiger partial charge in [-0.05, 0) is 43.2 Å². The van der Waals surface area contributed by atoms with E-state index in [1.165, 1.54) is 6.92 Å². The van der Waals surface area contributed by atoms with E-state index in [0.717, 1.165) is 49.7 Å². The molecule has 0 N–H and O–H groups in total. The molecule has 0 aromatic heterocycles. The number of nitrogens with zero attached hydrogens (tertiary/aromatic N) is 2. The Kier molecular flexibility index (Phi) is 9.53. The van der Waals surface area contributed by atoms with Crippen LogP contribution in [0.15, 0.2) is 42.5 Å². The standard InChI is InChI=1S/C30H38N2O6/c1-21(2)28(34)12-11-27(22(3)33)32-19-26-25(30(32)35)5-4-6-29(26)38-20-23-7-9-24(10-8-23)37-18-15-31-13-16-36-17-14-31/h4-10,21,27H,11-20H2,1-3H3. The van der Waals surface area contributed by atoms with Crippen molar-refractivity contribution in [2.75, 3.05) is 39.5 Å². The minimum atomic E-state index is -0.624. The van der Waals surface area contributed by atoms with E-state index in [0.29, 0.717) is 37.5 Å². The monoisotopic (exact) mass is 522 g/mol. The van der Waals surface area contributed by atoms with Crippen LogP contribution >= 0.6 is 0 Å². The van der Waals surface area contributed by atoms with Crippen molar-refractivity contribution in [2.24, 2.45) is 5.92 Å². The maximum absolute atomic E-state index is 13.2. The highest BCUT2D eigenvalue weighted by Gasteiger charge is 2.36. The van der Waals surface area contributed by atoms with Gasteiger partial charge >= 0.3 is 0 Å². The Hall–Kier alpha value is -3.23. The number of morpholine rings is 1. The first kappa shape index (κ1) is 27.8. The summed E-state index contributed by atoms with van der Waals surface area (Å²) >= 11 is 0. The van der Waals surface area contributed by atoms with E-state index in [9.17, 15) is 14.4 Å². The van der Waals surface area contributed by atoms with Crippen LogP contribution in [0.5, 0.6) is 11.5 Å². The maximum atomic E-state index is 13.2. The van der Waals surface area contributed by atoms with Crippen molar-refractivity contribution >= 4 is 17.5 Å². The van der Waals surface area contributed by atoms with Gasteiger partial charge in [0, 0.05) is 43.1 Å². The van der Waals surface area contributed by atoms with Crippen LogP contribution < -0.4 is 9.47 Å². The molecule has 204 valence electrons. The summed E-state index contributed by atoms with van der Waals surface area (Å²) in [6.45, 7) is 10.8. The Morgan fingerprint density at radius 3 is 2.45 bits per heavy atom. The molecule has 2 aliphatic rings. The molecule has 1 unspecified atom stereocenters. The average molecular weight is 523 g/mol. The topological polar surface area (TPSA) is 85.4 Å². The second kappa shape index (κ2) is 13.0. The summed E-state index contributed by atoms with van der Waals surface area (Å²) in [4.78, 5) is 41.7. The molecule has 38 heavy (non-hydrogen) atoms. The lowest BCUT2D eigenvalue weighted by molar-refractivity contribution is -0.124. The number of rotatable bonds is 13. The minimum Gasteiger partial charge on any atom is -0.492 e. The zero-order chi connectivity index (χ0) is 27.1. The molecule has 8 heteroatoms. The molecule has 1 saturated heterocycles. The highest BCUT2D eigenvalue weighted by atomic mass is 16.5. The Morgan fingerprint density at radius 2 is 1.76 bits per heavy atom. The van der Waals surface area contributed by atoms with Crippen LogP contribution in [0.1, 0.15) is 55.1 Å². The van der Waals surface area contributed by atoms with Crippen molar-refractivity contribution in [3.8, 4) is 11.5 Å². The van der Waals surface area contributed by atoms with Crippen LogP contribution in [0.25, 0.3) is 0 Å². The summed E-state index contributed by atoms with van der Waals surface area (Å²) in [5.74, 6) is 1.14. The first-order valence-corrected chi connectivity index (χ1v) is 13.4. The lowest BCUT2D eigenvalue weighted by Crippen LogP contribution is -2.40. The summed E-state index contributed by atoms with van der Waals surface area (Å²) in [6.07, 6.45) is 0.613. The number of benzene rings is 2. The third-order valence-corrected chi connectivity index (χ3v) is 7.20. The fraction of sp³-hybridized carbons (Fsp3) is 0.500. The summed E-state index contributed by atoms with van der Waals surface area (Å²) in [5, 5.41) is 0. The number of carbonyl (C=O) groups excluding carboxylic acids is 3. The molecule has 0 bridgehead atoms. The van der Waals surface area contributed by atoms with Crippen LogP contribution in [0, 0.1) is 5.92 Å². The van der Waals surface area contributed by atoms with Crippen molar-refractivity contribution in [1.29, 1.82) is 0 Å². The lowest BCUT2D eigenvalue weighted by Gasteiger charge is -2.26. The predicted octanol–water partition coefficient (Wildman–Crippen LogP) is 3.90. The first-order chi connectivity index (χ1) is 18.3. The second-order valence-corrected chi connectivity index (χ2v) is 10.2. The first-order valence-electron chi connectivity index (χ1n) is 13.4. The number of hydrogen-bond donors (Lipinski definition) is 0. The highest BCUT2D eigenvalue weighted by Crippen LogP contribution is 2.33. The van der Waals surface area contributed by atoms with Gasteiger partial charge in [0.1, 0.15) is 30.5 Å². The number of hydrogen-bond acceptors (Lipinski definition) is 7. The number of ketones is 2. The van der Waals surface area contributed by atoms with Crippen LogP contribution in [0.2, 0.25) is 0 Å². The summed E-state index contributed by atoms with van der Waals surface area (Å²) < 4.78 is 17.4. The smallest absolute Gasteiger partial charge is 0.255 e. The summed E-state index contributed by atoms with van der Waals surface area (Å²) in [5.41, 5.74) is 2.31. The summed E-state index contributed by atoms with van der Waals surface area (Å²) in [7, 11) is 0. The van der Waals surface area contributed by atoms with E-state index in [1.807, 2.05) is 44.2 Å². The fourth-order valence-corrected chi connectivity index (χ4v) is 4.82. The van der Waals surface area contributed by atoms with Gasteiger partial charge in [0.2, 0.25) is 0 Å². The zero-order valence-electron chi connectivity index (χ0n) is 22.6. The van der Waals surface area contributed by atoms with E-state index in [2.05, 4.69) is 4.90 Å². The number of Topliss-reactive ketones (excluding diaryl/α,β-unsaturated/α-hetero) is 2. The van der Waals surface area contributed by atoms with Crippen LogP contribution in [0.4, 0.5) is 0 Å². The second-order valence-electron chi connectivity index (χ2n) is 10.2. The Bertz CT molecular complexity index is 1120. The van der Waals surface area contributed by atoms with Gasteiger partial charge in [0.05, 0.1) is 25.8 Å². The molecule has 2 aromatic rings. The maximum Gasteiger partial charge on any atom is 0.255 e. The van der Waals surface area contributed by atoms with Crippen molar-refractivity contribution in [2.45, 2.75) is 52.8 Å². The van der Waals surface area contributed by atoms with Crippen LogP contribution in [-0.4, -0.2) is 72.8 Å². The zero-order valence-corrected chi connectivity index (χ0v) is 22.6. The number of carbonyl (C=O) groups is 3. The van der Waals surface area contributed by atoms with Crippen molar-refractivity contribution < 1.29 is 28.6 Å². The molecular weight excluding hydrogens is 484 g/mol. The molecule has 0 spiro atoms. The molecule has 4 rings (SSSR count). The molecule has 0 radical (unpaired) electrons. The van der Waals surface area contributed by atoms with Crippen molar-refractivity contribution in [3.05, 3.63) is 59.2 Å². The highest BCUT2D eigenvalue weighted by molar-refractivity contribution is 6.01. The predicted molar refractivity (Wildman–Crippen MR) is 143 cm³/mol. The molecule has 2 heterocycles. The third kappa shape index (κ3) is 6.99. The molecule has 8 nitrogen and oxygen atoms in total. The van der Waals surface area contributed by atoms with Crippen LogP contribution in [-0.2, 0) is 27.5 Å². The summed E-state index contributed by atoms with van der Waals surface area (Å²) in [6, 6.07) is 12.6. The quantitative estimate of drug-likeness (QED) is 0.395. The third-order valence-electron chi connectivity index (χ3n) is 7.20.